The van der Waals surface area contributed by atoms with Crippen LogP contribution in [0, 0.1) is 11.8 Å². The molecule has 2 N–H and O–H groups in total. The second kappa shape index (κ2) is 17.4. The number of hydroxylamine groups is 1. The third kappa shape index (κ3) is 12.1. The molecule has 0 aliphatic heterocycles. The van der Waals surface area contributed by atoms with Crippen molar-refractivity contribution >= 4 is 12.0 Å². The average Bonchev–Trinajstić information content (AvgIpc) is 3.45. The van der Waals surface area contributed by atoms with Gasteiger partial charge in [-0.25, -0.2) is 10.3 Å². The van der Waals surface area contributed by atoms with Gasteiger partial charge in [0.15, 0.2) is 6.29 Å². The molecule has 0 bridgehead atoms. The summed E-state index contributed by atoms with van der Waals surface area (Å²) in [4.78, 5) is 17.2. The molecule has 0 saturated heterocycles. The van der Waals surface area contributed by atoms with E-state index in [2.05, 4.69) is 31.2 Å². The van der Waals surface area contributed by atoms with Crippen LogP contribution < -0.4 is 15.5 Å². The normalized spacial score (nSPS) is 18.4. The molecule has 2 atom stereocenters. The molecule has 0 aromatic heterocycles. The van der Waals surface area contributed by atoms with Gasteiger partial charge in [0.1, 0.15) is 11.5 Å². The number of carbonyl (C=O) groups is 1. The highest BCUT2D eigenvalue weighted by atomic mass is 16.8. The van der Waals surface area contributed by atoms with E-state index in [0.717, 1.165) is 42.9 Å². The second-order valence-corrected chi connectivity index (χ2v) is 11.3. The van der Waals surface area contributed by atoms with Crippen LogP contribution >= 0.6 is 0 Å². The van der Waals surface area contributed by atoms with Crippen molar-refractivity contribution in [1.29, 1.82) is 0 Å². The maximum atomic E-state index is 12.0. The van der Waals surface area contributed by atoms with E-state index < -0.39 is 6.29 Å². The topological polar surface area (TPSA) is 78.1 Å². The van der Waals surface area contributed by atoms with Gasteiger partial charge in [-0.05, 0) is 94.0 Å². The summed E-state index contributed by atoms with van der Waals surface area (Å²) in [5.41, 5.74) is 3.29. The molecule has 3 rings (SSSR count). The van der Waals surface area contributed by atoms with Gasteiger partial charge < -0.3 is 19.5 Å². The van der Waals surface area contributed by atoms with Gasteiger partial charge in [-0.2, -0.15) is 0 Å². The Morgan fingerprint density at radius 1 is 1.03 bits per heavy atom. The second-order valence-electron chi connectivity index (χ2n) is 11.3. The Morgan fingerprint density at radius 3 is 2.41 bits per heavy atom. The Balaban J connectivity index is 1.35. The molecule has 7 heteroatoms. The van der Waals surface area contributed by atoms with Crippen molar-refractivity contribution in [2.75, 3.05) is 19.8 Å². The maximum Gasteiger partial charge on any atom is 0.267 e. The van der Waals surface area contributed by atoms with Crippen molar-refractivity contribution in [2.24, 2.45) is 11.8 Å². The molecule has 0 radical (unpaired) electrons. The average molecular weight is 543 g/mol. The highest BCUT2D eigenvalue weighted by molar-refractivity contribution is 5.90. The molecule has 39 heavy (non-hydrogen) atoms. The van der Waals surface area contributed by atoms with Crippen molar-refractivity contribution < 1.29 is 23.8 Å². The van der Waals surface area contributed by atoms with Gasteiger partial charge >= 0.3 is 0 Å². The van der Waals surface area contributed by atoms with E-state index in [9.17, 15) is 4.79 Å². The monoisotopic (exact) mass is 542 g/mol. The maximum absolute atomic E-state index is 12.0. The molecule has 2 saturated carbocycles. The molecule has 2 unspecified atom stereocenters. The number of hydrogen-bond acceptors (Lipinski definition) is 6. The molecule has 1 aromatic carbocycles. The van der Waals surface area contributed by atoms with Gasteiger partial charge in [0, 0.05) is 6.08 Å². The van der Waals surface area contributed by atoms with Crippen molar-refractivity contribution in [3.05, 3.63) is 48.2 Å². The van der Waals surface area contributed by atoms with E-state index in [1.54, 1.807) is 13.0 Å². The van der Waals surface area contributed by atoms with Gasteiger partial charge in [0.25, 0.3) is 5.91 Å². The number of nitrogens with one attached hydrogen (secondary N) is 2. The van der Waals surface area contributed by atoms with Crippen molar-refractivity contribution in [2.45, 2.75) is 103 Å². The molecule has 7 nitrogen and oxygen atoms in total. The fraction of sp³-hybridized carbons (Fsp3) is 0.656. The molecule has 2 fully saturated rings. The minimum absolute atomic E-state index is 0.232. The molecule has 2 aliphatic rings. The predicted molar refractivity (Wildman–Crippen MR) is 156 cm³/mol. The van der Waals surface area contributed by atoms with E-state index in [0.29, 0.717) is 31.2 Å². The number of hydrogen-bond donors (Lipinski definition) is 2. The lowest BCUT2D eigenvalue weighted by Crippen LogP contribution is -2.40. The third-order valence-corrected chi connectivity index (χ3v) is 7.34. The molecule has 1 amide bonds. The van der Waals surface area contributed by atoms with Crippen molar-refractivity contribution in [3.8, 4) is 5.75 Å². The minimum Gasteiger partial charge on any atom is -0.494 e. The van der Waals surface area contributed by atoms with Gasteiger partial charge in [-0.15, -0.1) is 0 Å². The highest BCUT2D eigenvalue weighted by Crippen LogP contribution is 2.31. The summed E-state index contributed by atoms with van der Waals surface area (Å²) in [7, 11) is 0. The van der Waals surface area contributed by atoms with E-state index in [4.69, 9.17) is 19.0 Å². The molecule has 0 spiro atoms. The van der Waals surface area contributed by atoms with E-state index >= 15 is 0 Å². The summed E-state index contributed by atoms with van der Waals surface area (Å²) in [5, 5.41) is 3.75. The van der Waals surface area contributed by atoms with Crippen LogP contribution in [0.2, 0.25) is 0 Å². The summed E-state index contributed by atoms with van der Waals surface area (Å²) in [6, 6.07) is 7.93. The molecule has 1 aromatic rings. The minimum atomic E-state index is -0.501. The summed E-state index contributed by atoms with van der Waals surface area (Å²) in [6.45, 7) is 12.3. The summed E-state index contributed by atoms with van der Waals surface area (Å²) in [5.74, 6) is 2.43. The molecule has 218 valence electrons. The summed E-state index contributed by atoms with van der Waals surface area (Å²) < 4.78 is 17.7. The zero-order valence-corrected chi connectivity index (χ0v) is 24.3. The first-order chi connectivity index (χ1) is 18.9. The van der Waals surface area contributed by atoms with Crippen LogP contribution in [0.5, 0.6) is 5.75 Å². The van der Waals surface area contributed by atoms with Gasteiger partial charge in [-0.1, -0.05) is 51.8 Å². The van der Waals surface area contributed by atoms with Gasteiger partial charge in [-0.3, -0.25) is 4.79 Å². The molecular weight excluding hydrogens is 492 g/mol. The number of amides is 1. The summed E-state index contributed by atoms with van der Waals surface area (Å²) in [6.07, 6.45) is 15.2. The van der Waals surface area contributed by atoms with Crippen molar-refractivity contribution in [3.63, 3.8) is 0 Å². The van der Waals surface area contributed by atoms with Crippen LogP contribution in [0.1, 0.15) is 90.5 Å². The van der Waals surface area contributed by atoms with Gasteiger partial charge in [0.2, 0.25) is 0 Å². The summed E-state index contributed by atoms with van der Waals surface area (Å²) >= 11 is 0. The fourth-order valence-electron chi connectivity index (χ4n) is 5.21. The first-order valence-corrected chi connectivity index (χ1v) is 15.0. The Hall–Kier alpha value is -2.35. The largest absolute Gasteiger partial charge is 0.494 e. The van der Waals surface area contributed by atoms with E-state index in [1.165, 1.54) is 51.0 Å². The quantitative estimate of drug-likeness (QED) is 0.0765. The number of rotatable bonds is 17. The van der Waals surface area contributed by atoms with E-state index in [1.807, 2.05) is 24.3 Å². The number of benzene rings is 1. The standard InChI is InChI=1S/C32H50N2O5/c1-24(2)23-37-26(4)39-34-31(35)20-17-27-15-18-29(19-16-27)36-22-10-21-33-32(28-11-6-5-7-12-28)25(3)38-30-13-8-9-14-30/h15-20,24,26,28,30,32-33H,3,5-14,21-23H2,1-2,4H3,(H,34,35)/b20-17+. The SMILES string of the molecule is C=C(OC1CCCC1)C(NCCCOc1ccc(/C=C/C(=O)NOC(C)OCC(C)C)cc1)C1CCCCC1. The number of ether oxygens (including phenoxy) is 3. The zero-order chi connectivity index (χ0) is 27.9. The van der Waals surface area contributed by atoms with Crippen LogP contribution in [0.25, 0.3) is 6.08 Å². The Bertz CT molecular complexity index is 873. The smallest absolute Gasteiger partial charge is 0.267 e. The molecular formula is C32H50N2O5. The van der Waals surface area contributed by atoms with Crippen LogP contribution in [-0.4, -0.2) is 44.1 Å². The van der Waals surface area contributed by atoms with Gasteiger partial charge in [0.05, 0.1) is 25.4 Å². The lowest BCUT2D eigenvalue weighted by molar-refractivity contribution is -0.180. The van der Waals surface area contributed by atoms with Crippen LogP contribution in [0.3, 0.4) is 0 Å². The van der Waals surface area contributed by atoms with Crippen LogP contribution in [-0.2, 0) is 19.1 Å². The van der Waals surface area contributed by atoms with E-state index in [-0.39, 0.29) is 11.9 Å². The first kappa shape index (κ1) is 31.2. The third-order valence-electron chi connectivity index (χ3n) is 7.34. The van der Waals surface area contributed by atoms with Crippen LogP contribution in [0.4, 0.5) is 0 Å². The Kier molecular flexibility index (Phi) is 13.9. The Labute approximate surface area is 235 Å². The molecule has 2 aliphatic carbocycles. The first-order valence-electron chi connectivity index (χ1n) is 15.0. The lowest BCUT2D eigenvalue weighted by Gasteiger charge is -2.33. The Morgan fingerprint density at radius 2 is 1.72 bits per heavy atom. The van der Waals surface area contributed by atoms with Crippen LogP contribution in [0.15, 0.2) is 42.7 Å². The molecule has 0 heterocycles. The predicted octanol–water partition coefficient (Wildman–Crippen LogP) is 6.55. The zero-order valence-electron chi connectivity index (χ0n) is 24.3. The fourth-order valence-corrected chi connectivity index (χ4v) is 5.21. The number of carbonyl (C=O) groups excluding carboxylic acids is 1. The lowest BCUT2D eigenvalue weighted by atomic mass is 9.83. The highest BCUT2D eigenvalue weighted by Gasteiger charge is 2.28. The van der Waals surface area contributed by atoms with Crippen molar-refractivity contribution in [1.82, 2.24) is 10.8 Å².